The Morgan fingerprint density at radius 3 is 2.20 bits per heavy atom. The number of methoxy groups -OCH3 is 1. The molecule has 0 amide bonds. The van der Waals surface area contributed by atoms with Gasteiger partial charge in [0.05, 0.1) is 12.5 Å². The molecule has 6 rings (SSSR count). The molecule has 30 heavy (non-hydrogen) atoms. The number of hydrogen-bond donors (Lipinski definition) is 0. The number of unbranched alkanes of at least 4 members (excludes halogenated alkanes) is 2. The smallest absolute Gasteiger partial charge is 0.314 e. The monoisotopic (exact) mass is 404 g/mol. The van der Waals surface area contributed by atoms with E-state index in [9.17, 15) is 9.59 Å². The first-order chi connectivity index (χ1) is 14.6. The van der Waals surface area contributed by atoms with Crippen molar-refractivity contribution in [3.8, 4) is 0 Å². The number of rotatable bonds is 5. The van der Waals surface area contributed by atoms with Crippen LogP contribution in [0.4, 0.5) is 0 Å². The number of benzene rings is 2. The van der Waals surface area contributed by atoms with Crippen LogP contribution in [0.1, 0.15) is 73.1 Å². The second-order valence-corrected chi connectivity index (χ2v) is 8.93. The fourth-order valence-corrected chi connectivity index (χ4v) is 6.34. The predicted molar refractivity (Wildman–Crippen MR) is 113 cm³/mol. The molecular formula is C26H28O4. The summed E-state index contributed by atoms with van der Waals surface area (Å²) in [5.41, 5.74) is 3.98. The lowest BCUT2D eigenvalue weighted by Crippen LogP contribution is -2.51. The van der Waals surface area contributed by atoms with Gasteiger partial charge in [0.15, 0.2) is 0 Å². The van der Waals surface area contributed by atoms with Crippen molar-refractivity contribution >= 4 is 11.9 Å². The van der Waals surface area contributed by atoms with E-state index in [4.69, 9.17) is 9.47 Å². The molecule has 4 nitrogen and oxygen atoms in total. The zero-order valence-electron chi connectivity index (χ0n) is 17.6. The fourth-order valence-electron chi connectivity index (χ4n) is 6.34. The number of carbonyl (C=O) groups excluding carboxylic acids is 2. The largest absolute Gasteiger partial charge is 0.469 e. The van der Waals surface area contributed by atoms with Crippen molar-refractivity contribution in [1.29, 1.82) is 0 Å². The molecule has 4 heteroatoms. The van der Waals surface area contributed by atoms with Gasteiger partial charge >= 0.3 is 11.9 Å². The maximum atomic E-state index is 13.6. The summed E-state index contributed by atoms with van der Waals surface area (Å²) in [5, 5.41) is 0. The minimum absolute atomic E-state index is 0.0940. The number of cyclic esters (lactones) is 1. The van der Waals surface area contributed by atoms with E-state index in [2.05, 4.69) is 43.3 Å². The molecule has 3 aliphatic carbocycles. The minimum Gasteiger partial charge on any atom is -0.469 e. The van der Waals surface area contributed by atoms with Gasteiger partial charge in [-0.2, -0.15) is 0 Å². The van der Waals surface area contributed by atoms with Gasteiger partial charge < -0.3 is 9.47 Å². The van der Waals surface area contributed by atoms with E-state index in [-0.39, 0.29) is 23.8 Å². The van der Waals surface area contributed by atoms with E-state index in [1.807, 2.05) is 12.1 Å². The lowest BCUT2D eigenvalue weighted by atomic mass is 9.48. The molecule has 156 valence electrons. The third kappa shape index (κ3) is 2.52. The van der Waals surface area contributed by atoms with Crippen molar-refractivity contribution in [3.05, 3.63) is 70.8 Å². The lowest BCUT2D eigenvalue weighted by Gasteiger charge is -2.51. The van der Waals surface area contributed by atoms with Crippen LogP contribution in [-0.2, 0) is 19.1 Å². The molecule has 2 bridgehead atoms. The topological polar surface area (TPSA) is 52.6 Å². The van der Waals surface area contributed by atoms with Gasteiger partial charge in [-0.05, 0) is 41.5 Å². The van der Waals surface area contributed by atoms with E-state index in [0.29, 0.717) is 12.8 Å². The zero-order valence-corrected chi connectivity index (χ0v) is 17.6. The molecule has 1 saturated heterocycles. The van der Waals surface area contributed by atoms with Gasteiger partial charge in [0.2, 0.25) is 0 Å². The summed E-state index contributed by atoms with van der Waals surface area (Å²) in [6.45, 7) is 2.15. The Kier molecular flexibility index (Phi) is 4.68. The van der Waals surface area contributed by atoms with Crippen molar-refractivity contribution in [2.45, 2.75) is 57.0 Å². The van der Waals surface area contributed by atoms with Crippen molar-refractivity contribution in [3.63, 3.8) is 0 Å². The summed E-state index contributed by atoms with van der Waals surface area (Å²) < 4.78 is 11.2. The minimum atomic E-state index is -0.892. The Labute approximate surface area is 177 Å². The van der Waals surface area contributed by atoms with Gasteiger partial charge in [-0.25, -0.2) is 0 Å². The van der Waals surface area contributed by atoms with Crippen LogP contribution in [0.5, 0.6) is 0 Å². The average molecular weight is 405 g/mol. The van der Waals surface area contributed by atoms with Crippen molar-refractivity contribution in [1.82, 2.24) is 0 Å². The molecule has 0 saturated carbocycles. The van der Waals surface area contributed by atoms with Crippen LogP contribution in [0.15, 0.2) is 48.5 Å². The molecule has 3 atom stereocenters. The van der Waals surface area contributed by atoms with Crippen LogP contribution in [0.2, 0.25) is 0 Å². The second-order valence-electron chi connectivity index (χ2n) is 8.93. The molecule has 1 spiro atoms. The van der Waals surface area contributed by atoms with Crippen LogP contribution >= 0.6 is 0 Å². The molecule has 0 radical (unpaired) electrons. The van der Waals surface area contributed by atoms with Crippen LogP contribution in [0.25, 0.3) is 0 Å². The normalized spacial score (nSPS) is 30.7. The highest BCUT2D eigenvalue weighted by molar-refractivity contribution is 5.92. The van der Waals surface area contributed by atoms with Gasteiger partial charge in [0.1, 0.15) is 12.0 Å². The maximum absolute atomic E-state index is 13.6. The summed E-state index contributed by atoms with van der Waals surface area (Å²) in [5.74, 6) is -1.19. The van der Waals surface area contributed by atoms with Gasteiger partial charge in [-0.3, -0.25) is 9.59 Å². The lowest BCUT2D eigenvalue weighted by molar-refractivity contribution is -0.155. The van der Waals surface area contributed by atoms with E-state index in [1.165, 1.54) is 18.2 Å². The van der Waals surface area contributed by atoms with Crippen LogP contribution in [0.3, 0.4) is 0 Å². The molecule has 4 aliphatic rings. The van der Waals surface area contributed by atoms with Gasteiger partial charge in [0.25, 0.3) is 0 Å². The summed E-state index contributed by atoms with van der Waals surface area (Å²) in [4.78, 5) is 26.7. The number of ether oxygens (including phenoxy) is 2. The molecule has 2 aromatic rings. The number of carbonyl (C=O) groups is 2. The SMILES string of the molecule is CCCCC[C@H]1OC(=O)[C@@]2(CC3c4ccccc4C2c2ccccc23)[C@@H]1C(=O)OC. The first-order valence-electron chi connectivity index (χ1n) is 11.1. The summed E-state index contributed by atoms with van der Waals surface area (Å²) in [7, 11) is 1.42. The van der Waals surface area contributed by atoms with E-state index in [0.717, 1.165) is 30.4 Å². The summed E-state index contributed by atoms with van der Waals surface area (Å²) in [6, 6.07) is 16.8. The zero-order chi connectivity index (χ0) is 20.9. The van der Waals surface area contributed by atoms with Crippen molar-refractivity contribution < 1.29 is 19.1 Å². The first kappa shape index (κ1) is 19.3. The van der Waals surface area contributed by atoms with E-state index < -0.39 is 17.4 Å². The summed E-state index contributed by atoms with van der Waals surface area (Å²) >= 11 is 0. The van der Waals surface area contributed by atoms with Crippen LogP contribution in [0, 0.1) is 11.3 Å². The molecule has 1 heterocycles. The highest BCUT2D eigenvalue weighted by Crippen LogP contribution is 2.66. The Morgan fingerprint density at radius 2 is 1.63 bits per heavy atom. The van der Waals surface area contributed by atoms with Gasteiger partial charge in [0, 0.05) is 11.8 Å². The van der Waals surface area contributed by atoms with E-state index in [1.54, 1.807) is 0 Å². The average Bonchev–Trinajstić information content (AvgIpc) is 3.04. The van der Waals surface area contributed by atoms with Gasteiger partial charge in [-0.1, -0.05) is 68.3 Å². The molecule has 0 N–H and O–H groups in total. The highest BCUT2D eigenvalue weighted by Gasteiger charge is 2.69. The fraction of sp³-hybridized carbons (Fsp3) is 0.462. The molecule has 1 aliphatic heterocycles. The van der Waals surface area contributed by atoms with Crippen molar-refractivity contribution in [2.24, 2.45) is 11.3 Å². The molecule has 1 fully saturated rings. The quantitative estimate of drug-likeness (QED) is 0.523. The number of esters is 2. The molecule has 0 aromatic heterocycles. The molecule has 0 unspecified atom stereocenters. The maximum Gasteiger partial charge on any atom is 0.314 e. The summed E-state index contributed by atoms with van der Waals surface area (Å²) in [6.07, 6.45) is 4.00. The third-order valence-electron chi connectivity index (χ3n) is 7.53. The Bertz CT molecular complexity index is 949. The van der Waals surface area contributed by atoms with Crippen LogP contribution < -0.4 is 0 Å². The number of hydrogen-bond acceptors (Lipinski definition) is 4. The Hall–Kier alpha value is -2.62. The molecule has 2 aromatic carbocycles. The van der Waals surface area contributed by atoms with E-state index >= 15 is 0 Å². The Morgan fingerprint density at radius 1 is 1.03 bits per heavy atom. The Balaban J connectivity index is 1.68. The van der Waals surface area contributed by atoms with Gasteiger partial charge in [-0.15, -0.1) is 0 Å². The highest BCUT2D eigenvalue weighted by atomic mass is 16.6. The van der Waals surface area contributed by atoms with Crippen LogP contribution in [-0.4, -0.2) is 25.2 Å². The second kappa shape index (κ2) is 7.26. The predicted octanol–water partition coefficient (Wildman–Crippen LogP) is 4.95. The van der Waals surface area contributed by atoms with Crippen molar-refractivity contribution in [2.75, 3.05) is 7.11 Å². The third-order valence-corrected chi connectivity index (χ3v) is 7.53. The first-order valence-corrected chi connectivity index (χ1v) is 11.1. The standard InChI is InChI=1S/C26H28O4/c1-3-4-5-14-21-23(24(27)29-2)26(25(28)30-21)15-20-16-10-6-8-12-18(16)22(26)19-13-9-7-11-17(19)20/h6-13,20-23H,3-5,14-15H2,1-2H3/t20?,21-,22?,23+,26-/m1/s1. The molecular weight excluding hydrogens is 376 g/mol.